The first-order valence-corrected chi connectivity index (χ1v) is 9.03. The van der Waals surface area contributed by atoms with E-state index in [0.29, 0.717) is 10.7 Å². The summed E-state index contributed by atoms with van der Waals surface area (Å²) in [5, 5.41) is 5.42. The zero-order valence-corrected chi connectivity index (χ0v) is 14.2. The third kappa shape index (κ3) is 3.13. The average Bonchev–Trinajstić information content (AvgIpc) is 2.47. The van der Waals surface area contributed by atoms with E-state index in [0.717, 1.165) is 5.56 Å². The maximum atomic E-state index is 12.3. The van der Waals surface area contributed by atoms with Gasteiger partial charge >= 0.3 is 0 Å². The smallest absolute Gasteiger partial charge is 0.257 e. The van der Waals surface area contributed by atoms with Crippen molar-refractivity contribution in [1.82, 2.24) is 0 Å². The summed E-state index contributed by atoms with van der Waals surface area (Å²) in [5.74, 6) is -1.64. The molecule has 2 amide bonds. The van der Waals surface area contributed by atoms with Gasteiger partial charge in [-0.3, -0.25) is 9.59 Å². The maximum Gasteiger partial charge on any atom is 0.257 e. The van der Waals surface area contributed by atoms with Gasteiger partial charge in [-0.05, 0) is 42.8 Å². The van der Waals surface area contributed by atoms with Gasteiger partial charge in [0, 0.05) is 5.69 Å². The predicted octanol–water partition coefficient (Wildman–Crippen LogP) is 2.63. The van der Waals surface area contributed by atoms with Crippen molar-refractivity contribution in [3.8, 4) is 0 Å². The van der Waals surface area contributed by atoms with Crippen molar-refractivity contribution in [3.63, 3.8) is 0 Å². The quantitative estimate of drug-likeness (QED) is 0.856. The molecule has 0 unspecified atom stereocenters. The first-order chi connectivity index (χ1) is 11.3. The van der Waals surface area contributed by atoms with Crippen molar-refractivity contribution < 1.29 is 18.0 Å². The zero-order chi connectivity index (χ0) is 17.5. The first kappa shape index (κ1) is 16.5. The van der Waals surface area contributed by atoms with Crippen LogP contribution in [0.2, 0.25) is 5.02 Å². The lowest BCUT2D eigenvalue weighted by atomic mass is 10.1. The van der Waals surface area contributed by atoms with Crippen LogP contribution in [0.4, 0.5) is 11.4 Å². The Morgan fingerprint density at radius 1 is 1.21 bits per heavy atom. The van der Waals surface area contributed by atoms with Crippen LogP contribution in [-0.2, 0) is 14.6 Å². The molecule has 2 N–H and O–H groups in total. The van der Waals surface area contributed by atoms with Crippen molar-refractivity contribution in [2.24, 2.45) is 0 Å². The minimum absolute atomic E-state index is 0.0186. The molecule has 1 aliphatic heterocycles. The first-order valence-electron chi connectivity index (χ1n) is 7.00. The standard InChI is InChI=1S/C16H13ClN2O4S/c1-9-2-4-11(12(17)6-9)16(21)18-10-3-5-13-14(7-10)24(22,23)8-15(20)19-13/h2-7H,8H2,1H3,(H,18,21)(H,19,20). The number of sulfone groups is 1. The van der Waals surface area contributed by atoms with Crippen molar-refractivity contribution in [2.75, 3.05) is 16.4 Å². The summed E-state index contributed by atoms with van der Waals surface area (Å²) >= 11 is 6.06. The molecule has 24 heavy (non-hydrogen) atoms. The molecule has 0 spiro atoms. The minimum Gasteiger partial charge on any atom is -0.324 e. The number of anilines is 2. The molecule has 0 atom stereocenters. The lowest BCUT2D eigenvalue weighted by Gasteiger charge is -2.18. The van der Waals surface area contributed by atoms with Crippen molar-refractivity contribution in [3.05, 3.63) is 52.5 Å². The summed E-state index contributed by atoms with van der Waals surface area (Å²) in [4.78, 5) is 23.7. The highest BCUT2D eigenvalue weighted by Crippen LogP contribution is 2.30. The number of carbonyl (C=O) groups is 2. The number of fused-ring (bicyclic) bond motifs is 1. The number of halogens is 1. The van der Waals surface area contributed by atoms with Gasteiger partial charge in [-0.1, -0.05) is 17.7 Å². The normalized spacial score (nSPS) is 15.3. The fourth-order valence-corrected chi connectivity index (χ4v) is 4.05. The highest BCUT2D eigenvalue weighted by atomic mass is 35.5. The zero-order valence-electron chi connectivity index (χ0n) is 12.6. The molecule has 0 aliphatic carbocycles. The van der Waals surface area contributed by atoms with E-state index in [2.05, 4.69) is 10.6 Å². The van der Waals surface area contributed by atoms with Gasteiger partial charge in [0.2, 0.25) is 5.91 Å². The van der Waals surface area contributed by atoms with Gasteiger partial charge < -0.3 is 10.6 Å². The van der Waals surface area contributed by atoms with E-state index in [1.54, 1.807) is 18.2 Å². The van der Waals surface area contributed by atoms with Gasteiger partial charge in [-0.25, -0.2) is 8.42 Å². The molecule has 6 nitrogen and oxygen atoms in total. The third-order valence-corrected chi connectivity index (χ3v) is 5.50. The van der Waals surface area contributed by atoms with Gasteiger partial charge in [0.05, 0.1) is 21.2 Å². The second-order valence-corrected chi connectivity index (χ2v) is 7.82. The van der Waals surface area contributed by atoms with E-state index in [1.165, 1.54) is 18.2 Å². The SMILES string of the molecule is Cc1ccc(C(=O)Nc2ccc3c(c2)S(=O)(=O)CC(=O)N3)c(Cl)c1. The molecule has 1 aliphatic rings. The van der Waals surface area contributed by atoms with Crippen LogP contribution in [0.25, 0.3) is 0 Å². The minimum atomic E-state index is -3.72. The Morgan fingerprint density at radius 3 is 2.67 bits per heavy atom. The van der Waals surface area contributed by atoms with Crippen LogP contribution < -0.4 is 10.6 Å². The number of hydrogen-bond donors (Lipinski definition) is 2. The van der Waals surface area contributed by atoms with Crippen LogP contribution in [-0.4, -0.2) is 26.0 Å². The molecule has 1 heterocycles. The Balaban J connectivity index is 1.92. The Kier molecular flexibility index (Phi) is 4.06. The van der Waals surface area contributed by atoms with Crippen LogP contribution in [0.1, 0.15) is 15.9 Å². The lowest BCUT2D eigenvalue weighted by molar-refractivity contribution is -0.114. The summed E-state index contributed by atoms with van der Waals surface area (Å²) in [6, 6.07) is 9.31. The summed E-state index contributed by atoms with van der Waals surface area (Å²) < 4.78 is 24.2. The van der Waals surface area contributed by atoms with Crippen molar-refractivity contribution in [2.45, 2.75) is 11.8 Å². The average molecular weight is 365 g/mol. The number of nitrogens with one attached hydrogen (secondary N) is 2. The van der Waals surface area contributed by atoms with Gasteiger partial charge in [-0.15, -0.1) is 0 Å². The number of aryl methyl sites for hydroxylation is 1. The fraction of sp³-hybridized carbons (Fsp3) is 0.125. The van der Waals surface area contributed by atoms with E-state index in [4.69, 9.17) is 11.6 Å². The summed E-state index contributed by atoms with van der Waals surface area (Å²) in [5.41, 5.74) is 1.72. The molecule has 2 aromatic carbocycles. The monoisotopic (exact) mass is 364 g/mol. The Bertz CT molecular complexity index is 970. The predicted molar refractivity (Wildman–Crippen MR) is 91.3 cm³/mol. The van der Waals surface area contributed by atoms with Crippen LogP contribution in [0, 0.1) is 6.92 Å². The van der Waals surface area contributed by atoms with Crippen LogP contribution in [0.15, 0.2) is 41.3 Å². The molecule has 0 aromatic heterocycles. The second kappa shape index (κ2) is 5.92. The molecule has 0 bridgehead atoms. The van der Waals surface area contributed by atoms with Gasteiger partial charge in [0.15, 0.2) is 9.84 Å². The molecule has 0 saturated heterocycles. The summed E-state index contributed by atoms with van der Waals surface area (Å²) in [7, 11) is -3.72. The van der Waals surface area contributed by atoms with Crippen LogP contribution in [0.3, 0.4) is 0 Å². The Hall–Kier alpha value is -2.38. The fourth-order valence-electron chi connectivity index (χ4n) is 2.40. The van der Waals surface area contributed by atoms with Crippen LogP contribution >= 0.6 is 11.6 Å². The summed E-state index contributed by atoms with van der Waals surface area (Å²) in [6.45, 7) is 1.86. The van der Waals surface area contributed by atoms with Gasteiger partial charge in [-0.2, -0.15) is 0 Å². The number of benzene rings is 2. The Labute approximate surface area is 143 Å². The maximum absolute atomic E-state index is 12.3. The van der Waals surface area contributed by atoms with E-state index in [-0.39, 0.29) is 16.1 Å². The van der Waals surface area contributed by atoms with E-state index >= 15 is 0 Å². The molecular weight excluding hydrogens is 352 g/mol. The molecule has 2 aromatic rings. The van der Waals surface area contributed by atoms with E-state index < -0.39 is 27.4 Å². The number of amides is 2. The molecule has 0 saturated carbocycles. The lowest BCUT2D eigenvalue weighted by Crippen LogP contribution is -2.29. The molecule has 0 fully saturated rings. The number of hydrogen-bond acceptors (Lipinski definition) is 4. The third-order valence-electron chi connectivity index (χ3n) is 3.54. The van der Waals surface area contributed by atoms with Gasteiger partial charge in [0.25, 0.3) is 5.91 Å². The molecule has 0 radical (unpaired) electrons. The van der Waals surface area contributed by atoms with Crippen LogP contribution in [0.5, 0.6) is 0 Å². The highest BCUT2D eigenvalue weighted by Gasteiger charge is 2.29. The van der Waals surface area contributed by atoms with E-state index in [9.17, 15) is 18.0 Å². The summed E-state index contributed by atoms with van der Waals surface area (Å²) in [6.07, 6.45) is 0. The highest BCUT2D eigenvalue weighted by molar-refractivity contribution is 7.92. The van der Waals surface area contributed by atoms with Crippen molar-refractivity contribution in [1.29, 1.82) is 0 Å². The topological polar surface area (TPSA) is 92.3 Å². The van der Waals surface area contributed by atoms with Crippen molar-refractivity contribution >= 4 is 44.6 Å². The number of carbonyl (C=O) groups excluding carboxylic acids is 2. The van der Waals surface area contributed by atoms with E-state index in [1.807, 2.05) is 6.92 Å². The number of rotatable bonds is 2. The molecule has 3 rings (SSSR count). The molecular formula is C16H13ClN2O4S. The largest absolute Gasteiger partial charge is 0.324 e. The van der Waals surface area contributed by atoms with Gasteiger partial charge in [0.1, 0.15) is 5.75 Å². The Morgan fingerprint density at radius 2 is 1.96 bits per heavy atom. The second-order valence-electron chi connectivity index (χ2n) is 5.46. The molecule has 8 heteroatoms. The molecule has 124 valence electrons.